The number of aliphatic hydroxyl groups is 1. The van der Waals surface area contributed by atoms with Crippen molar-refractivity contribution in [2.24, 2.45) is 0 Å². The van der Waals surface area contributed by atoms with Gasteiger partial charge in [0, 0.05) is 29.2 Å². The second-order valence-electron chi connectivity index (χ2n) is 4.66. The molecule has 0 aliphatic carbocycles. The SMILES string of the molecule is OC(Cn1ccnc1-c1ccccn1)c1ccccc1Cl. The first-order valence-corrected chi connectivity index (χ1v) is 6.98. The highest BCUT2D eigenvalue weighted by Crippen LogP contribution is 2.25. The van der Waals surface area contributed by atoms with Crippen LogP contribution in [0.1, 0.15) is 11.7 Å². The molecule has 2 aromatic heterocycles. The van der Waals surface area contributed by atoms with Gasteiger partial charge in [0.1, 0.15) is 5.69 Å². The summed E-state index contributed by atoms with van der Waals surface area (Å²) >= 11 is 6.12. The topological polar surface area (TPSA) is 50.9 Å². The number of imidazole rings is 1. The summed E-state index contributed by atoms with van der Waals surface area (Å²) in [5.41, 5.74) is 1.48. The summed E-state index contributed by atoms with van der Waals surface area (Å²) in [5.74, 6) is 0.724. The molecular weight excluding hydrogens is 286 g/mol. The van der Waals surface area contributed by atoms with Gasteiger partial charge in [0.15, 0.2) is 5.82 Å². The maximum absolute atomic E-state index is 10.4. The summed E-state index contributed by atoms with van der Waals surface area (Å²) in [4.78, 5) is 8.60. The Morgan fingerprint density at radius 2 is 1.86 bits per heavy atom. The molecular formula is C16H14ClN3O. The normalized spacial score (nSPS) is 12.3. The predicted octanol–water partition coefficient (Wildman–Crippen LogP) is 3.33. The molecule has 5 heteroatoms. The van der Waals surface area contributed by atoms with Crippen LogP contribution in [-0.4, -0.2) is 19.6 Å². The molecule has 1 aromatic carbocycles. The third kappa shape index (κ3) is 2.96. The van der Waals surface area contributed by atoms with Crippen molar-refractivity contribution in [2.45, 2.75) is 12.6 Å². The van der Waals surface area contributed by atoms with E-state index in [1.165, 1.54) is 0 Å². The van der Waals surface area contributed by atoms with Crippen LogP contribution in [0, 0.1) is 0 Å². The van der Waals surface area contributed by atoms with Crippen molar-refractivity contribution in [1.29, 1.82) is 0 Å². The van der Waals surface area contributed by atoms with Crippen LogP contribution in [0.4, 0.5) is 0 Å². The molecule has 0 saturated heterocycles. The van der Waals surface area contributed by atoms with Crippen LogP contribution in [0.15, 0.2) is 61.1 Å². The molecule has 21 heavy (non-hydrogen) atoms. The lowest BCUT2D eigenvalue weighted by Gasteiger charge is -2.15. The Bertz CT molecular complexity index is 727. The fourth-order valence-corrected chi connectivity index (χ4v) is 2.48. The molecule has 1 atom stereocenters. The van der Waals surface area contributed by atoms with Crippen LogP contribution < -0.4 is 0 Å². The number of aromatic nitrogens is 3. The Balaban J connectivity index is 1.87. The van der Waals surface area contributed by atoms with Gasteiger partial charge in [-0.25, -0.2) is 4.98 Å². The average molecular weight is 300 g/mol. The van der Waals surface area contributed by atoms with E-state index in [1.54, 1.807) is 18.5 Å². The Morgan fingerprint density at radius 1 is 1.05 bits per heavy atom. The van der Waals surface area contributed by atoms with Crippen LogP contribution in [-0.2, 0) is 6.54 Å². The largest absolute Gasteiger partial charge is 0.386 e. The van der Waals surface area contributed by atoms with Crippen molar-refractivity contribution < 1.29 is 5.11 Å². The summed E-state index contributed by atoms with van der Waals surface area (Å²) in [6.45, 7) is 0.371. The first-order chi connectivity index (χ1) is 10.3. The summed E-state index contributed by atoms with van der Waals surface area (Å²) in [5, 5.41) is 11.0. The summed E-state index contributed by atoms with van der Waals surface area (Å²) in [6.07, 6.45) is 4.54. The molecule has 1 unspecified atom stereocenters. The molecule has 0 fully saturated rings. The smallest absolute Gasteiger partial charge is 0.158 e. The number of nitrogens with zero attached hydrogens (tertiary/aromatic N) is 3. The van der Waals surface area contributed by atoms with E-state index in [1.807, 2.05) is 47.2 Å². The summed E-state index contributed by atoms with van der Waals surface area (Å²) in [6, 6.07) is 13.0. The van der Waals surface area contributed by atoms with Crippen molar-refractivity contribution >= 4 is 11.6 Å². The lowest BCUT2D eigenvalue weighted by Crippen LogP contribution is -2.10. The molecule has 0 amide bonds. The van der Waals surface area contributed by atoms with Gasteiger partial charge < -0.3 is 9.67 Å². The molecule has 106 valence electrons. The molecule has 3 aromatic rings. The highest BCUT2D eigenvalue weighted by molar-refractivity contribution is 6.31. The third-order valence-electron chi connectivity index (χ3n) is 3.24. The quantitative estimate of drug-likeness (QED) is 0.804. The number of rotatable bonds is 4. The molecule has 0 spiro atoms. The molecule has 3 rings (SSSR count). The Labute approximate surface area is 127 Å². The molecule has 1 N–H and O–H groups in total. The molecule has 0 saturated carbocycles. The van der Waals surface area contributed by atoms with Gasteiger partial charge in [-0.05, 0) is 18.2 Å². The van der Waals surface area contributed by atoms with Crippen LogP contribution in [0.2, 0.25) is 5.02 Å². The summed E-state index contributed by atoms with van der Waals surface area (Å²) in [7, 11) is 0. The van der Waals surface area contributed by atoms with E-state index >= 15 is 0 Å². The van der Waals surface area contributed by atoms with Crippen molar-refractivity contribution in [2.75, 3.05) is 0 Å². The van der Waals surface area contributed by atoms with E-state index in [4.69, 9.17) is 11.6 Å². The van der Waals surface area contributed by atoms with Gasteiger partial charge in [0.25, 0.3) is 0 Å². The van der Waals surface area contributed by atoms with Crippen molar-refractivity contribution in [1.82, 2.24) is 14.5 Å². The molecule has 2 heterocycles. The van der Waals surface area contributed by atoms with Gasteiger partial charge in [-0.3, -0.25) is 4.98 Å². The van der Waals surface area contributed by atoms with Gasteiger partial charge in [0.2, 0.25) is 0 Å². The number of hydrogen-bond donors (Lipinski definition) is 1. The summed E-state index contributed by atoms with van der Waals surface area (Å²) < 4.78 is 1.87. The van der Waals surface area contributed by atoms with Gasteiger partial charge in [0.05, 0.1) is 12.6 Å². The first-order valence-electron chi connectivity index (χ1n) is 6.61. The van der Waals surface area contributed by atoms with E-state index in [0.717, 1.165) is 11.5 Å². The van der Waals surface area contributed by atoms with E-state index in [9.17, 15) is 5.11 Å². The Kier molecular flexibility index (Phi) is 3.99. The minimum atomic E-state index is -0.699. The standard InChI is InChI=1S/C16H14ClN3O/c17-13-6-2-1-5-12(13)15(21)11-20-10-9-19-16(20)14-7-3-4-8-18-14/h1-10,15,21H,11H2. The maximum Gasteiger partial charge on any atom is 0.158 e. The molecule has 4 nitrogen and oxygen atoms in total. The predicted molar refractivity (Wildman–Crippen MR) is 81.9 cm³/mol. The average Bonchev–Trinajstić information content (AvgIpc) is 2.96. The Hall–Kier alpha value is -2.17. The van der Waals surface area contributed by atoms with Crippen molar-refractivity contribution in [3.63, 3.8) is 0 Å². The zero-order valence-electron chi connectivity index (χ0n) is 11.2. The van der Waals surface area contributed by atoms with Crippen LogP contribution in [0.25, 0.3) is 11.5 Å². The second kappa shape index (κ2) is 6.08. The fraction of sp³-hybridized carbons (Fsp3) is 0.125. The van der Waals surface area contributed by atoms with E-state index in [0.29, 0.717) is 17.1 Å². The van der Waals surface area contributed by atoms with Gasteiger partial charge >= 0.3 is 0 Å². The van der Waals surface area contributed by atoms with Gasteiger partial charge in [-0.1, -0.05) is 35.9 Å². The maximum atomic E-state index is 10.4. The van der Waals surface area contributed by atoms with Crippen molar-refractivity contribution in [3.05, 3.63) is 71.6 Å². The number of hydrogen-bond acceptors (Lipinski definition) is 3. The third-order valence-corrected chi connectivity index (χ3v) is 3.59. The zero-order valence-corrected chi connectivity index (χ0v) is 12.0. The molecule has 0 aliphatic rings. The fourth-order valence-electron chi connectivity index (χ4n) is 2.21. The zero-order chi connectivity index (χ0) is 14.7. The van der Waals surface area contributed by atoms with E-state index < -0.39 is 6.10 Å². The second-order valence-corrected chi connectivity index (χ2v) is 5.06. The lowest BCUT2D eigenvalue weighted by molar-refractivity contribution is 0.157. The highest BCUT2D eigenvalue weighted by Gasteiger charge is 2.14. The van der Waals surface area contributed by atoms with Crippen LogP contribution in [0.3, 0.4) is 0 Å². The first kappa shape index (κ1) is 13.8. The lowest BCUT2D eigenvalue weighted by atomic mass is 10.1. The monoisotopic (exact) mass is 299 g/mol. The number of pyridine rings is 1. The Morgan fingerprint density at radius 3 is 2.62 bits per heavy atom. The minimum absolute atomic E-state index is 0.371. The van der Waals surface area contributed by atoms with Crippen LogP contribution in [0.5, 0.6) is 0 Å². The number of halogens is 1. The highest BCUT2D eigenvalue weighted by atomic mass is 35.5. The molecule has 0 radical (unpaired) electrons. The molecule has 0 bridgehead atoms. The van der Waals surface area contributed by atoms with Crippen molar-refractivity contribution in [3.8, 4) is 11.5 Å². The van der Waals surface area contributed by atoms with E-state index in [-0.39, 0.29) is 0 Å². The minimum Gasteiger partial charge on any atom is -0.386 e. The van der Waals surface area contributed by atoms with E-state index in [2.05, 4.69) is 9.97 Å². The number of aliphatic hydroxyl groups excluding tert-OH is 1. The molecule has 0 aliphatic heterocycles. The van der Waals surface area contributed by atoms with Gasteiger partial charge in [-0.15, -0.1) is 0 Å². The van der Waals surface area contributed by atoms with Gasteiger partial charge in [-0.2, -0.15) is 0 Å². The number of benzene rings is 1. The van der Waals surface area contributed by atoms with Crippen LogP contribution >= 0.6 is 11.6 Å².